The summed E-state index contributed by atoms with van der Waals surface area (Å²) >= 11 is 10.7. The number of rotatable bonds is 2. The molecule has 0 bridgehead atoms. The zero-order valence-electron chi connectivity index (χ0n) is 6.01. The molecule has 1 aromatic rings. The molecule has 0 atom stereocenters. The Hall–Kier alpha value is -0.0400. The third kappa shape index (κ3) is 3.57. The fourth-order valence-electron chi connectivity index (χ4n) is 0.802. The van der Waals surface area contributed by atoms with Gasteiger partial charge in [-0.15, -0.1) is 0 Å². The molecule has 0 spiro atoms. The van der Waals surface area contributed by atoms with E-state index in [9.17, 15) is 8.96 Å². The van der Waals surface area contributed by atoms with Crippen LogP contribution in [-0.2, 0) is 10.7 Å². The minimum absolute atomic E-state index is 0.0798. The summed E-state index contributed by atoms with van der Waals surface area (Å²) < 4.78 is 23.3. The van der Waals surface area contributed by atoms with Crippen molar-refractivity contribution < 1.29 is 8.96 Å². The van der Waals surface area contributed by atoms with E-state index in [4.69, 9.17) is 22.5 Å². The molecule has 12 heavy (non-hydrogen) atoms. The van der Waals surface area contributed by atoms with E-state index in [1.165, 1.54) is 24.3 Å². The Morgan fingerprint density at radius 1 is 1.25 bits per heavy atom. The summed E-state index contributed by atoms with van der Waals surface area (Å²) in [7, 11) is 0. The van der Waals surface area contributed by atoms with Gasteiger partial charge in [-0.05, 0) is 40.2 Å². The van der Waals surface area contributed by atoms with E-state index in [-0.39, 0.29) is 12.0 Å². The predicted molar refractivity (Wildman–Crippen MR) is 49.4 cm³/mol. The first-order valence-corrected chi connectivity index (χ1v) is 6.90. The number of benzene rings is 1. The van der Waals surface area contributed by atoms with E-state index in [0.29, 0.717) is 5.56 Å². The van der Waals surface area contributed by atoms with Gasteiger partial charge in [-0.2, -0.15) is 0 Å². The average molecular weight is 227 g/mol. The Balaban J connectivity index is 2.78. The fraction of sp³-hybridized carbons (Fsp3) is 0.143. The van der Waals surface area contributed by atoms with Crippen LogP contribution in [0.1, 0.15) is 5.56 Å². The van der Waals surface area contributed by atoms with E-state index in [0.717, 1.165) is 0 Å². The van der Waals surface area contributed by atoms with Crippen LogP contribution in [0.5, 0.6) is 0 Å². The quantitative estimate of drug-likeness (QED) is 0.698. The zero-order valence-corrected chi connectivity index (χ0v) is 8.41. The largest absolute Gasteiger partial charge is 0.289 e. The molecule has 0 saturated carbocycles. The highest BCUT2D eigenvalue weighted by Crippen LogP contribution is 2.59. The molecular weight excluding hydrogens is 221 g/mol. The van der Waals surface area contributed by atoms with Crippen LogP contribution in [-0.4, -0.2) is 0 Å². The average Bonchev–Trinajstić information content (AvgIpc) is 1.91. The predicted octanol–water partition coefficient (Wildman–Crippen LogP) is 4.00. The lowest BCUT2D eigenvalue weighted by molar-refractivity contribution is 0.592. The van der Waals surface area contributed by atoms with Gasteiger partial charge in [-0.3, -0.25) is 4.57 Å². The molecule has 66 valence electrons. The molecule has 0 radical (unpaired) electrons. The van der Waals surface area contributed by atoms with Crippen LogP contribution in [0.25, 0.3) is 0 Å². The summed E-state index contributed by atoms with van der Waals surface area (Å²) in [5.41, 5.74) is 0.671. The second-order valence-corrected chi connectivity index (χ2v) is 7.61. The van der Waals surface area contributed by atoms with Gasteiger partial charge in [0.2, 0.25) is 0 Å². The Bertz CT molecular complexity index is 306. The van der Waals surface area contributed by atoms with Gasteiger partial charge in [0.05, 0.1) is 6.16 Å². The fourth-order valence-corrected chi connectivity index (χ4v) is 2.27. The molecule has 0 aliphatic heterocycles. The summed E-state index contributed by atoms with van der Waals surface area (Å²) in [5, 5.41) is 0. The van der Waals surface area contributed by atoms with Gasteiger partial charge in [0.25, 0.3) is 5.85 Å². The van der Waals surface area contributed by atoms with Crippen molar-refractivity contribution in [3.8, 4) is 0 Å². The van der Waals surface area contributed by atoms with Crippen LogP contribution in [0.2, 0.25) is 0 Å². The molecule has 1 nitrogen and oxygen atoms in total. The summed E-state index contributed by atoms with van der Waals surface area (Å²) in [5.74, 6) is -3.42. The minimum atomic E-state index is -3.08. The molecule has 0 aliphatic rings. The molecule has 0 heterocycles. The lowest BCUT2D eigenvalue weighted by Gasteiger charge is -2.00. The van der Waals surface area contributed by atoms with Crippen LogP contribution in [0.3, 0.4) is 0 Å². The first-order valence-electron chi connectivity index (χ1n) is 3.20. The van der Waals surface area contributed by atoms with Crippen molar-refractivity contribution in [2.75, 3.05) is 0 Å². The highest BCUT2D eigenvalue weighted by molar-refractivity contribution is 8.08. The molecule has 1 rings (SSSR count). The summed E-state index contributed by atoms with van der Waals surface area (Å²) in [6.07, 6.45) is 0.0798. The van der Waals surface area contributed by atoms with Crippen LogP contribution < -0.4 is 0 Å². The first kappa shape index (κ1) is 10.0. The van der Waals surface area contributed by atoms with Crippen molar-refractivity contribution in [2.24, 2.45) is 0 Å². The lowest BCUT2D eigenvalue weighted by Crippen LogP contribution is -1.80. The van der Waals surface area contributed by atoms with Gasteiger partial charge in [0.15, 0.2) is 0 Å². The van der Waals surface area contributed by atoms with Crippen molar-refractivity contribution in [2.45, 2.75) is 6.16 Å². The van der Waals surface area contributed by atoms with Crippen molar-refractivity contribution in [1.82, 2.24) is 0 Å². The lowest BCUT2D eigenvalue weighted by atomic mass is 10.2. The maximum absolute atomic E-state index is 12.4. The van der Waals surface area contributed by atoms with Crippen LogP contribution in [0, 0.1) is 5.82 Å². The van der Waals surface area contributed by atoms with Gasteiger partial charge in [0, 0.05) is 0 Å². The van der Waals surface area contributed by atoms with E-state index in [1.807, 2.05) is 0 Å². The molecule has 0 saturated heterocycles. The number of hydrogen-bond acceptors (Lipinski definition) is 1. The molecule has 1 aromatic carbocycles. The smallest absolute Gasteiger partial charge is 0.257 e. The molecule has 0 amide bonds. The maximum Gasteiger partial charge on any atom is 0.257 e. The standard InChI is InChI=1S/C7H6Cl2FOP/c8-12(9,11)5-6-1-3-7(10)4-2-6/h1-4H,5H2. The summed E-state index contributed by atoms with van der Waals surface area (Å²) in [6.45, 7) is 0. The van der Waals surface area contributed by atoms with Gasteiger partial charge in [0.1, 0.15) is 5.82 Å². The molecule has 5 heteroatoms. The van der Waals surface area contributed by atoms with Crippen LogP contribution in [0.15, 0.2) is 24.3 Å². The maximum atomic E-state index is 12.4. The molecular formula is C7H6Cl2FOP. The molecule has 0 N–H and O–H groups in total. The third-order valence-electron chi connectivity index (χ3n) is 1.28. The van der Waals surface area contributed by atoms with Gasteiger partial charge in [-0.1, -0.05) is 12.1 Å². The van der Waals surface area contributed by atoms with E-state index in [1.54, 1.807) is 0 Å². The highest BCUT2D eigenvalue weighted by atomic mass is 35.9. The molecule has 0 fully saturated rings. The van der Waals surface area contributed by atoms with Crippen LogP contribution >= 0.6 is 28.3 Å². The monoisotopic (exact) mass is 226 g/mol. The Morgan fingerprint density at radius 2 is 1.75 bits per heavy atom. The van der Waals surface area contributed by atoms with Crippen molar-refractivity contribution in [3.63, 3.8) is 0 Å². The second kappa shape index (κ2) is 3.78. The van der Waals surface area contributed by atoms with Crippen molar-refractivity contribution in [1.29, 1.82) is 0 Å². The third-order valence-corrected chi connectivity index (χ3v) is 2.73. The second-order valence-electron chi connectivity index (χ2n) is 2.35. The van der Waals surface area contributed by atoms with Crippen molar-refractivity contribution in [3.05, 3.63) is 35.6 Å². The van der Waals surface area contributed by atoms with E-state index < -0.39 is 5.85 Å². The van der Waals surface area contributed by atoms with Crippen LogP contribution in [0.4, 0.5) is 4.39 Å². The summed E-state index contributed by atoms with van der Waals surface area (Å²) in [6, 6.07) is 5.57. The van der Waals surface area contributed by atoms with Gasteiger partial charge in [-0.25, -0.2) is 4.39 Å². The van der Waals surface area contributed by atoms with E-state index >= 15 is 0 Å². The van der Waals surface area contributed by atoms with Gasteiger partial charge < -0.3 is 0 Å². The normalized spacial score (nSPS) is 11.6. The minimum Gasteiger partial charge on any atom is -0.289 e. The molecule has 0 aromatic heterocycles. The first-order chi connectivity index (χ1) is 5.47. The zero-order chi connectivity index (χ0) is 9.19. The van der Waals surface area contributed by atoms with E-state index in [2.05, 4.69) is 0 Å². The SMILES string of the molecule is O=P(Cl)(Cl)Cc1ccc(F)cc1. The van der Waals surface area contributed by atoms with Crippen molar-refractivity contribution >= 4 is 28.3 Å². The molecule has 0 aliphatic carbocycles. The Kier molecular flexibility index (Phi) is 3.16. The summed E-state index contributed by atoms with van der Waals surface area (Å²) in [4.78, 5) is 0. The topological polar surface area (TPSA) is 17.1 Å². The van der Waals surface area contributed by atoms with Gasteiger partial charge >= 0.3 is 0 Å². The number of hydrogen-bond donors (Lipinski definition) is 0. The highest BCUT2D eigenvalue weighted by Gasteiger charge is 2.13. The molecule has 0 unspecified atom stereocenters. The Morgan fingerprint density at radius 3 is 2.17 bits per heavy atom. The Labute approximate surface area is 79.4 Å². The number of halogens is 3.